The third-order valence-electron chi connectivity index (χ3n) is 8.00. The normalized spacial score (nSPS) is 36.2. The first-order chi connectivity index (χ1) is 15.0. The molecule has 2 amide bonds. The molecule has 0 spiro atoms. The van der Waals surface area contributed by atoms with Crippen molar-refractivity contribution >= 4 is 11.8 Å². The number of hydrogen-bond donors (Lipinski definition) is 1. The predicted molar refractivity (Wildman–Crippen MR) is 111 cm³/mol. The minimum atomic E-state index is -0.278. The number of amides is 2. The number of hydrogen-bond acceptors (Lipinski definition) is 5. The molecule has 2 aromatic heterocycles. The van der Waals surface area contributed by atoms with Crippen LogP contribution in [0.2, 0.25) is 0 Å². The van der Waals surface area contributed by atoms with Gasteiger partial charge in [-0.05, 0) is 62.0 Å². The van der Waals surface area contributed by atoms with Crippen molar-refractivity contribution in [3.05, 3.63) is 42.7 Å². The standard InChI is InChI=1S/C23H28N6O2/c30-20-5-19(12-28(20)11-16-2-1-3-24-10-16)21(31)27-22-6-17-4-18(7-22)9-23(8-17,13-22)29-15-25-14-26-29/h1-3,10,14-15,17-19H,4-9,11-13H2,(H,27,31). The van der Waals surface area contributed by atoms with Gasteiger partial charge in [0, 0.05) is 37.4 Å². The van der Waals surface area contributed by atoms with E-state index in [9.17, 15) is 9.59 Å². The van der Waals surface area contributed by atoms with Crippen LogP contribution >= 0.6 is 0 Å². The molecule has 5 fully saturated rings. The molecule has 31 heavy (non-hydrogen) atoms. The molecular formula is C23H28N6O2. The highest BCUT2D eigenvalue weighted by atomic mass is 16.2. The molecule has 3 heterocycles. The maximum atomic E-state index is 13.3. The third-order valence-corrected chi connectivity index (χ3v) is 8.00. The van der Waals surface area contributed by atoms with Crippen LogP contribution in [-0.4, -0.2) is 48.5 Å². The SMILES string of the molecule is O=C(NC12CC3CC(C1)CC(n1cncn1)(C3)C2)C1CC(=O)N(Cc2cccnc2)C1. The van der Waals surface area contributed by atoms with E-state index >= 15 is 0 Å². The molecule has 162 valence electrons. The summed E-state index contributed by atoms with van der Waals surface area (Å²) < 4.78 is 2.06. The molecule has 3 unspecified atom stereocenters. The number of carbonyl (C=O) groups excluding carboxylic acids is 2. The largest absolute Gasteiger partial charge is 0.350 e. The van der Waals surface area contributed by atoms with Crippen molar-refractivity contribution in [3.8, 4) is 0 Å². The van der Waals surface area contributed by atoms with Crippen molar-refractivity contribution in [3.63, 3.8) is 0 Å². The van der Waals surface area contributed by atoms with E-state index in [2.05, 4.69) is 25.1 Å². The molecule has 1 aliphatic heterocycles. The lowest BCUT2D eigenvalue weighted by molar-refractivity contribution is -0.134. The van der Waals surface area contributed by atoms with E-state index in [0.717, 1.165) is 37.7 Å². The predicted octanol–water partition coefficient (Wildman–Crippen LogP) is 1.89. The van der Waals surface area contributed by atoms with E-state index in [1.54, 1.807) is 23.6 Å². The van der Waals surface area contributed by atoms with Gasteiger partial charge in [0.1, 0.15) is 12.7 Å². The van der Waals surface area contributed by atoms with Crippen LogP contribution in [0.1, 0.15) is 50.5 Å². The van der Waals surface area contributed by atoms with Gasteiger partial charge in [0.05, 0.1) is 11.5 Å². The van der Waals surface area contributed by atoms with Crippen LogP contribution in [-0.2, 0) is 21.7 Å². The zero-order valence-corrected chi connectivity index (χ0v) is 17.6. The van der Waals surface area contributed by atoms with E-state index < -0.39 is 0 Å². The Kier molecular flexibility index (Phi) is 4.20. The molecule has 4 saturated carbocycles. The summed E-state index contributed by atoms with van der Waals surface area (Å²) in [5, 5.41) is 7.96. The van der Waals surface area contributed by atoms with Gasteiger partial charge in [-0.1, -0.05) is 6.07 Å². The molecule has 1 N–H and O–H groups in total. The second-order valence-electron chi connectivity index (χ2n) is 10.3. The average Bonchev–Trinajstić information content (AvgIpc) is 3.39. The molecule has 2 aromatic rings. The number of rotatable bonds is 5. The maximum absolute atomic E-state index is 13.3. The smallest absolute Gasteiger partial charge is 0.225 e. The van der Waals surface area contributed by atoms with Crippen molar-refractivity contribution in [2.24, 2.45) is 17.8 Å². The van der Waals surface area contributed by atoms with Crippen LogP contribution in [0.15, 0.2) is 37.2 Å². The van der Waals surface area contributed by atoms with Gasteiger partial charge in [-0.2, -0.15) is 5.10 Å². The Bertz CT molecular complexity index is 977. The van der Waals surface area contributed by atoms with E-state index in [1.807, 2.05) is 18.5 Å². The molecular weight excluding hydrogens is 392 g/mol. The monoisotopic (exact) mass is 420 g/mol. The number of pyridine rings is 1. The lowest BCUT2D eigenvalue weighted by Crippen LogP contribution is -2.66. The van der Waals surface area contributed by atoms with Gasteiger partial charge in [0.2, 0.25) is 11.8 Å². The summed E-state index contributed by atoms with van der Waals surface area (Å²) in [5.41, 5.74) is 0.798. The number of nitrogens with zero attached hydrogens (tertiary/aromatic N) is 5. The first kappa shape index (κ1) is 19.0. The van der Waals surface area contributed by atoms with E-state index in [4.69, 9.17) is 0 Å². The van der Waals surface area contributed by atoms with E-state index in [-0.39, 0.29) is 28.8 Å². The molecule has 4 aliphatic carbocycles. The number of carbonyl (C=O) groups is 2. The lowest BCUT2D eigenvalue weighted by atomic mass is 9.50. The van der Waals surface area contributed by atoms with Gasteiger partial charge >= 0.3 is 0 Å². The summed E-state index contributed by atoms with van der Waals surface area (Å²) in [7, 11) is 0. The summed E-state index contributed by atoms with van der Waals surface area (Å²) in [5.74, 6) is 1.06. The van der Waals surface area contributed by atoms with Crippen LogP contribution in [0.4, 0.5) is 0 Å². The van der Waals surface area contributed by atoms with Crippen molar-refractivity contribution in [1.29, 1.82) is 0 Å². The van der Waals surface area contributed by atoms with Crippen LogP contribution in [0.3, 0.4) is 0 Å². The van der Waals surface area contributed by atoms with Crippen LogP contribution in [0.25, 0.3) is 0 Å². The van der Waals surface area contributed by atoms with Crippen LogP contribution in [0.5, 0.6) is 0 Å². The van der Waals surface area contributed by atoms with Crippen molar-refractivity contribution < 1.29 is 9.59 Å². The summed E-state index contributed by atoms with van der Waals surface area (Å²) in [6, 6.07) is 3.84. The quantitative estimate of drug-likeness (QED) is 0.797. The Hall–Kier alpha value is -2.77. The van der Waals surface area contributed by atoms with Crippen LogP contribution in [0, 0.1) is 17.8 Å². The zero-order chi connectivity index (χ0) is 21.1. The first-order valence-electron chi connectivity index (χ1n) is 11.4. The summed E-state index contributed by atoms with van der Waals surface area (Å²) in [6.45, 7) is 0.998. The third kappa shape index (κ3) is 3.23. The van der Waals surface area contributed by atoms with E-state index in [0.29, 0.717) is 31.3 Å². The molecule has 8 nitrogen and oxygen atoms in total. The molecule has 0 radical (unpaired) electrons. The van der Waals surface area contributed by atoms with Gasteiger partial charge in [-0.15, -0.1) is 0 Å². The Labute approximate surface area is 181 Å². The summed E-state index contributed by atoms with van der Waals surface area (Å²) in [4.78, 5) is 36.0. The van der Waals surface area contributed by atoms with E-state index in [1.165, 1.54) is 6.42 Å². The first-order valence-corrected chi connectivity index (χ1v) is 11.4. The Morgan fingerprint density at radius 2 is 2.03 bits per heavy atom. The highest BCUT2D eigenvalue weighted by Crippen LogP contribution is 2.60. The molecule has 8 heteroatoms. The second kappa shape index (κ2) is 6.87. The Morgan fingerprint density at radius 1 is 1.19 bits per heavy atom. The fourth-order valence-electron chi connectivity index (χ4n) is 7.26. The zero-order valence-electron chi connectivity index (χ0n) is 17.6. The number of likely N-dealkylation sites (tertiary alicyclic amines) is 1. The fraction of sp³-hybridized carbons (Fsp3) is 0.609. The van der Waals surface area contributed by atoms with Gasteiger partial charge in [0.15, 0.2) is 0 Å². The molecule has 0 aromatic carbocycles. The fourth-order valence-corrected chi connectivity index (χ4v) is 7.26. The average molecular weight is 421 g/mol. The molecule has 3 atom stereocenters. The second-order valence-corrected chi connectivity index (χ2v) is 10.3. The lowest BCUT2D eigenvalue weighted by Gasteiger charge is -2.62. The molecule has 5 aliphatic rings. The topological polar surface area (TPSA) is 93.0 Å². The Morgan fingerprint density at radius 3 is 2.74 bits per heavy atom. The van der Waals surface area contributed by atoms with Gasteiger partial charge < -0.3 is 10.2 Å². The minimum absolute atomic E-state index is 0.0221. The summed E-state index contributed by atoms with van der Waals surface area (Å²) in [6.07, 6.45) is 13.8. The molecule has 4 bridgehead atoms. The van der Waals surface area contributed by atoms with Gasteiger partial charge in [-0.3, -0.25) is 14.6 Å². The van der Waals surface area contributed by atoms with Gasteiger partial charge in [-0.25, -0.2) is 9.67 Å². The van der Waals surface area contributed by atoms with Crippen molar-refractivity contribution in [1.82, 2.24) is 30.0 Å². The van der Waals surface area contributed by atoms with Gasteiger partial charge in [0.25, 0.3) is 0 Å². The number of nitrogens with one attached hydrogen (secondary N) is 1. The maximum Gasteiger partial charge on any atom is 0.225 e. The van der Waals surface area contributed by atoms with Crippen molar-refractivity contribution in [2.45, 2.75) is 62.6 Å². The minimum Gasteiger partial charge on any atom is -0.350 e. The molecule has 7 rings (SSSR count). The highest BCUT2D eigenvalue weighted by Gasteiger charge is 2.59. The Balaban J connectivity index is 1.17. The van der Waals surface area contributed by atoms with Crippen LogP contribution < -0.4 is 5.32 Å². The summed E-state index contributed by atoms with van der Waals surface area (Å²) >= 11 is 0. The number of aromatic nitrogens is 4. The molecule has 1 saturated heterocycles. The van der Waals surface area contributed by atoms with Crippen molar-refractivity contribution in [2.75, 3.05) is 6.54 Å². The highest BCUT2D eigenvalue weighted by molar-refractivity contribution is 5.89.